The third-order valence-corrected chi connectivity index (χ3v) is 3.32. The molecule has 2 N–H and O–H groups in total. The van der Waals surface area contributed by atoms with E-state index in [0.29, 0.717) is 12.1 Å². The van der Waals surface area contributed by atoms with Gasteiger partial charge in [0.2, 0.25) is 0 Å². The SMILES string of the molecule is O=C(NCc1ccc(C(=O)O)nc1)c1ccc(I)cc1. The van der Waals surface area contributed by atoms with Gasteiger partial charge in [-0.25, -0.2) is 9.78 Å². The molecular weight excluding hydrogens is 371 g/mol. The van der Waals surface area contributed by atoms with Crippen molar-refractivity contribution >= 4 is 34.5 Å². The number of aromatic carboxylic acids is 1. The first kappa shape index (κ1) is 14.4. The molecule has 6 heteroatoms. The zero-order valence-electron chi connectivity index (χ0n) is 10.3. The first-order chi connectivity index (χ1) is 9.56. The molecule has 1 heterocycles. The molecule has 1 aromatic carbocycles. The molecule has 2 aromatic rings. The first-order valence-corrected chi connectivity index (χ1v) is 6.86. The number of carbonyl (C=O) groups is 2. The number of nitrogens with zero attached hydrogens (tertiary/aromatic N) is 1. The fourth-order valence-corrected chi connectivity index (χ4v) is 1.90. The van der Waals surface area contributed by atoms with Crippen molar-refractivity contribution in [3.8, 4) is 0 Å². The molecule has 5 nitrogen and oxygen atoms in total. The van der Waals surface area contributed by atoms with E-state index in [9.17, 15) is 9.59 Å². The van der Waals surface area contributed by atoms with E-state index in [-0.39, 0.29) is 11.6 Å². The molecular formula is C14H11IN2O3. The van der Waals surface area contributed by atoms with Crippen molar-refractivity contribution in [3.63, 3.8) is 0 Å². The molecule has 1 amide bonds. The van der Waals surface area contributed by atoms with Gasteiger partial charge in [-0.05, 0) is 58.5 Å². The lowest BCUT2D eigenvalue weighted by Crippen LogP contribution is -2.22. The van der Waals surface area contributed by atoms with E-state index in [1.165, 1.54) is 12.3 Å². The molecule has 1 aromatic heterocycles. The van der Waals surface area contributed by atoms with E-state index in [0.717, 1.165) is 9.13 Å². The number of nitrogens with one attached hydrogen (secondary N) is 1. The lowest BCUT2D eigenvalue weighted by atomic mass is 10.2. The predicted molar refractivity (Wildman–Crippen MR) is 81.5 cm³/mol. The van der Waals surface area contributed by atoms with E-state index >= 15 is 0 Å². The Balaban J connectivity index is 1.96. The summed E-state index contributed by atoms with van der Waals surface area (Å²) in [7, 11) is 0. The molecule has 0 saturated carbocycles. The highest BCUT2D eigenvalue weighted by Gasteiger charge is 2.06. The Morgan fingerprint density at radius 3 is 2.40 bits per heavy atom. The summed E-state index contributed by atoms with van der Waals surface area (Å²) in [5.41, 5.74) is 1.31. The minimum Gasteiger partial charge on any atom is -0.477 e. The highest BCUT2D eigenvalue weighted by atomic mass is 127. The van der Waals surface area contributed by atoms with Crippen LogP contribution in [0, 0.1) is 3.57 Å². The predicted octanol–water partition coefficient (Wildman–Crippen LogP) is 2.31. The number of hydrogen-bond donors (Lipinski definition) is 2. The van der Waals surface area contributed by atoms with Crippen LogP contribution in [-0.4, -0.2) is 22.0 Å². The summed E-state index contributed by atoms with van der Waals surface area (Å²) < 4.78 is 1.06. The second-order valence-corrected chi connectivity index (χ2v) is 5.29. The highest BCUT2D eigenvalue weighted by molar-refractivity contribution is 14.1. The van der Waals surface area contributed by atoms with E-state index in [2.05, 4.69) is 32.9 Å². The molecule has 0 fully saturated rings. The molecule has 0 aliphatic rings. The average Bonchev–Trinajstić information content (AvgIpc) is 2.46. The number of pyridine rings is 1. The number of aromatic nitrogens is 1. The molecule has 2 rings (SSSR count). The van der Waals surface area contributed by atoms with Gasteiger partial charge in [-0.1, -0.05) is 6.07 Å². The van der Waals surface area contributed by atoms with Crippen LogP contribution in [0.5, 0.6) is 0 Å². The summed E-state index contributed by atoms with van der Waals surface area (Å²) in [6.45, 7) is 0.303. The van der Waals surface area contributed by atoms with E-state index in [1.807, 2.05) is 12.1 Å². The Morgan fingerprint density at radius 1 is 1.15 bits per heavy atom. The van der Waals surface area contributed by atoms with Gasteiger partial charge in [-0.15, -0.1) is 0 Å². The summed E-state index contributed by atoms with van der Waals surface area (Å²) in [5.74, 6) is -1.25. The molecule has 0 spiro atoms. The number of benzene rings is 1. The fraction of sp³-hybridized carbons (Fsp3) is 0.0714. The van der Waals surface area contributed by atoms with Crippen molar-refractivity contribution < 1.29 is 14.7 Å². The van der Waals surface area contributed by atoms with Crippen LogP contribution >= 0.6 is 22.6 Å². The molecule has 0 saturated heterocycles. The Hall–Kier alpha value is -1.96. The van der Waals surface area contributed by atoms with Crippen LogP contribution in [0.2, 0.25) is 0 Å². The van der Waals surface area contributed by atoms with Gasteiger partial charge >= 0.3 is 5.97 Å². The van der Waals surface area contributed by atoms with Gasteiger partial charge < -0.3 is 10.4 Å². The van der Waals surface area contributed by atoms with E-state index < -0.39 is 5.97 Å². The van der Waals surface area contributed by atoms with Crippen molar-refractivity contribution in [2.24, 2.45) is 0 Å². The smallest absolute Gasteiger partial charge is 0.354 e. The minimum absolute atomic E-state index is 0.0160. The van der Waals surface area contributed by atoms with Crippen molar-refractivity contribution in [1.82, 2.24) is 10.3 Å². The maximum Gasteiger partial charge on any atom is 0.354 e. The van der Waals surface area contributed by atoms with Gasteiger partial charge in [-0.3, -0.25) is 4.79 Å². The normalized spacial score (nSPS) is 10.1. The van der Waals surface area contributed by atoms with Crippen LogP contribution in [0.15, 0.2) is 42.6 Å². The van der Waals surface area contributed by atoms with Gasteiger partial charge in [-0.2, -0.15) is 0 Å². The lowest BCUT2D eigenvalue weighted by Gasteiger charge is -2.05. The summed E-state index contributed by atoms with van der Waals surface area (Å²) in [4.78, 5) is 26.3. The van der Waals surface area contributed by atoms with Crippen LogP contribution in [0.4, 0.5) is 0 Å². The molecule has 0 aliphatic heterocycles. The van der Waals surface area contributed by atoms with Gasteiger partial charge in [0.25, 0.3) is 5.91 Å². The van der Waals surface area contributed by atoms with Gasteiger partial charge in [0, 0.05) is 21.9 Å². The quantitative estimate of drug-likeness (QED) is 0.796. The summed E-state index contributed by atoms with van der Waals surface area (Å²) >= 11 is 2.17. The number of carbonyl (C=O) groups excluding carboxylic acids is 1. The number of carboxylic acid groups (broad SMARTS) is 1. The maximum atomic E-state index is 11.9. The monoisotopic (exact) mass is 382 g/mol. The number of carboxylic acids is 1. The highest BCUT2D eigenvalue weighted by Crippen LogP contribution is 2.07. The van der Waals surface area contributed by atoms with Crippen LogP contribution in [-0.2, 0) is 6.54 Å². The second-order valence-electron chi connectivity index (χ2n) is 4.05. The zero-order chi connectivity index (χ0) is 14.5. The lowest BCUT2D eigenvalue weighted by molar-refractivity contribution is 0.0690. The first-order valence-electron chi connectivity index (χ1n) is 5.78. The second kappa shape index (κ2) is 6.47. The van der Waals surface area contributed by atoms with Crippen LogP contribution in [0.3, 0.4) is 0 Å². The van der Waals surface area contributed by atoms with Crippen LogP contribution < -0.4 is 5.32 Å². The number of rotatable bonds is 4. The Labute approximate surface area is 129 Å². The average molecular weight is 382 g/mol. The molecule has 0 aliphatic carbocycles. The van der Waals surface area contributed by atoms with Crippen LogP contribution in [0.1, 0.15) is 26.4 Å². The molecule has 0 atom stereocenters. The Kier molecular flexibility index (Phi) is 4.67. The molecule has 0 radical (unpaired) electrons. The van der Waals surface area contributed by atoms with E-state index in [4.69, 9.17) is 5.11 Å². The Bertz CT molecular complexity index is 624. The zero-order valence-corrected chi connectivity index (χ0v) is 12.5. The summed E-state index contributed by atoms with van der Waals surface area (Å²) in [6, 6.07) is 10.3. The molecule has 0 bridgehead atoms. The number of amides is 1. The van der Waals surface area contributed by atoms with Crippen LogP contribution in [0.25, 0.3) is 0 Å². The summed E-state index contributed by atoms with van der Waals surface area (Å²) in [6.07, 6.45) is 1.44. The summed E-state index contributed by atoms with van der Waals surface area (Å²) in [5, 5.41) is 11.5. The molecule has 0 unspecified atom stereocenters. The number of hydrogen-bond acceptors (Lipinski definition) is 3. The van der Waals surface area contributed by atoms with Crippen molar-refractivity contribution in [2.75, 3.05) is 0 Å². The van der Waals surface area contributed by atoms with Crippen molar-refractivity contribution in [3.05, 3.63) is 63.0 Å². The largest absolute Gasteiger partial charge is 0.477 e. The Morgan fingerprint density at radius 2 is 1.85 bits per heavy atom. The fourth-order valence-electron chi connectivity index (χ4n) is 1.54. The standard InChI is InChI=1S/C14H11IN2O3/c15-11-4-2-10(3-5-11)13(18)17-8-9-1-6-12(14(19)20)16-7-9/h1-7H,8H2,(H,17,18)(H,19,20). The van der Waals surface area contributed by atoms with Crippen molar-refractivity contribution in [2.45, 2.75) is 6.54 Å². The van der Waals surface area contributed by atoms with E-state index in [1.54, 1.807) is 18.2 Å². The third-order valence-electron chi connectivity index (χ3n) is 2.60. The topological polar surface area (TPSA) is 79.3 Å². The molecule has 102 valence electrons. The minimum atomic E-state index is -1.07. The van der Waals surface area contributed by atoms with Gasteiger partial charge in [0.1, 0.15) is 5.69 Å². The number of halogens is 1. The third kappa shape index (κ3) is 3.77. The van der Waals surface area contributed by atoms with Gasteiger partial charge in [0.05, 0.1) is 0 Å². The van der Waals surface area contributed by atoms with Gasteiger partial charge in [0.15, 0.2) is 0 Å². The molecule has 20 heavy (non-hydrogen) atoms. The maximum absolute atomic E-state index is 11.9. The van der Waals surface area contributed by atoms with Crippen molar-refractivity contribution in [1.29, 1.82) is 0 Å².